The van der Waals surface area contributed by atoms with Crippen molar-refractivity contribution in [3.8, 4) is 0 Å². The summed E-state index contributed by atoms with van der Waals surface area (Å²) in [7, 11) is 0. The molecule has 0 saturated carbocycles. The van der Waals surface area contributed by atoms with Crippen LogP contribution in [0.15, 0.2) is 0 Å². The number of hydrogen-bond donors (Lipinski definition) is 3. The van der Waals surface area contributed by atoms with E-state index >= 15 is 0 Å². The van der Waals surface area contributed by atoms with Gasteiger partial charge in [0, 0.05) is 0 Å². The van der Waals surface area contributed by atoms with Crippen LogP contribution in [0.2, 0.25) is 0 Å². The van der Waals surface area contributed by atoms with Crippen LogP contribution in [0.1, 0.15) is 19.8 Å². The molecule has 1 spiro atoms. The maximum absolute atomic E-state index is 11.7. The van der Waals surface area contributed by atoms with E-state index < -0.39 is 5.66 Å². The lowest BCUT2D eigenvalue weighted by Gasteiger charge is -2.36. The van der Waals surface area contributed by atoms with E-state index in [4.69, 9.17) is 0 Å². The molecule has 0 aromatic heterocycles. The van der Waals surface area contributed by atoms with E-state index in [2.05, 4.69) is 16.0 Å². The number of nitrogens with one attached hydrogen (secondary N) is 3. The Morgan fingerprint density at radius 3 is 2.57 bits per heavy atom. The third-order valence-corrected chi connectivity index (χ3v) is 3.00. The maximum atomic E-state index is 11.7. The highest BCUT2D eigenvalue weighted by Gasteiger charge is 2.54. The van der Waals surface area contributed by atoms with E-state index in [1.165, 1.54) is 0 Å². The Bertz CT molecular complexity index is 271. The van der Waals surface area contributed by atoms with Gasteiger partial charge < -0.3 is 0 Å². The van der Waals surface area contributed by atoms with Gasteiger partial charge in [0.25, 0.3) is 5.91 Å². The van der Waals surface area contributed by atoms with Crippen LogP contribution < -0.4 is 16.0 Å². The zero-order valence-corrected chi connectivity index (χ0v) is 8.22. The van der Waals surface area contributed by atoms with Crippen LogP contribution in [-0.2, 0) is 9.59 Å². The van der Waals surface area contributed by atoms with Crippen LogP contribution in [0.25, 0.3) is 0 Å². The highest BCUT2D eigenvalue weighted by Crippen LogP contribution is 2.26. The van der Waals surface area contributed by atoms with E-state index in [1.807, 2.05) is 6.92 Å². The fourth-order valence-electron chi connectivity index (χ4n) is 2.27. The Kier molecular flexibility index (Phi) is 2.28. The minimum atomic E-state index is -0.829. The van der Waals surface area contributed by atoms with Gasteiger partial charge in [-0.2, -0.15) is 0 Å². The predicted molar refractivity (Wildman–Crippen MR) is 50.3 cm³/mol. The standard InChI is InChI=1S/C9H15N3O2/c1-2-6-7(13)12-8(14)9(6)10-4-3-5-11-9/h6,10-11H,2-5H2,1H3,(H,12,13,14). The van der Waals surface area contributed by atoms with Gasteiger partial charge in [-0.1, -0.05) is 6.92 Å². The second-order valence-corrected chi connectivity index (χ2v) is 3.79. The lowest BCUT2D eigenvalue weighted by molar-refractivity contribution is -0.128. The molecule has 0 aromatic carbocycles. The first-order valence-corrected chi connectivity index (χ1v) is 5.06. The molecular formula is C9H15N3O2. The number of rotatable bonds is 1. The second-order valence-electron chi connectivity index (χ2n) is 3.79. The molecule has 5 nitrogen and oxygen atoms in total. The van der Waals surface area contributed by atoms with Crippen LogP contribution in [0.3, 0.4) is 0 Å². The van der Waals surface area contributed by atoms with Crippen molar-refractivity contribution in [2.45, 2.75) is 25.4 Å². The van der Waals surface area contributed by atoms with Crippen molar-refractivity contribution < 1.29 is 9.59 Å². The van der Waals surface area contributed by atoms with E-state index in [-0.39, 0.29) is 17.7 Å². The summed E-state index contributed by atoms with van der Waals surface area (Å²) in [4.78, 5) is 23.2. The van der Waals surface area contributed by atoms with Crippen molar-refractivity contribution in [3.05, 3.63) is 0 Å². The summed E-state index contributed by atoms with van der Waals surface area (Å²) in [5.41, 5.74) is -0.829. The Morgan fingerprint density at radius 1 is 1.36 bits per heavy atom. The summed E-state index contributed by atoms with van der Waals surface area (Å²) in [6, 6.07) is 0. The summed E-state index contributed by atoms with van der Waals surface area (Å²) in [5.74, 6) is -0.677. The van der Waals surface area contributed by atoms with Gasteiger partial charge in [0.15, 0.2) is 5.66 Å². The van der Waals surface area contributed by atoms with Crippen LogP contribution in [0.5, 0.6) is 0 Å². The van der Waals surface area contributed by atoms with Crippen LogP contribution in [-0.4, -0.2) is 30.6 Å². The fourth-order valence-corrected chi connectivity index (χ4v) is 2.27. The molecule has 78 valence electrons. The van der Waals surface area contributed by atoms with E-state index in [9.17, 15) is 9.59 Å². The Hall–Kier alpha value is -0.940. The topological polar surface area (TPSA) is 70.2 Å². The van der Waals surface area contributed by atoms with E-state index in [1.54, 1.807) is 0 Å². The third-order valence-electron chi connectivity index (χ3n) is 3.00. The highest BCUT2D eigenvalue weighted by atomic mass is 16.2. The molecule has 1 atom stereocenters. The van der Waals surface area contributed by atoms with Gasteiger partial charge in [-0.05, 0) is 25.9 Å². The number of carbonyl (C=O) groups excluding carboxylic acids is 2. The van der Waals surface area contributed by atoms with Crippen LogP contribution >= 0.6 is 0 Å². The number of imide groups is 1. The average molecular weight is 197 g/mol. The average Bonchev–Trinajstić information content (AvgIpc) is 2.40. The SMILES string of the molecule is CCC1C(=O)NC(=O)C12NCCCN2. The van der Waals surface area contributed by atoms with E-state index in [0.717, 1.165) is 19.5 Å². The molecular weight excluding hydrogens is 182 g/mol. The quantitative estimate of drug-likeness (QED) is 0.469. The van der Waals surface area contributed by atoms with Gasteiger partial charge in [0.1, 0.15) is 0 Å². The zero-order chi connectivity index (χ0) is 10.2. The molecule has 2 aliphatic heterocycles. The Labute approximate surface area is 82.6 Å². The first-order chi connectivity index (χ1) is 6.70. The molecule has 1 unspecified atom stereocenters. The first-order valence-electron chi connectivity index (χ1n) is 5.06. The molecule has 0 radical (unpaired) electrons. The number of amides is 2. The van der Waals surface area contributed by atoms with Gasteiger partial charge in [-0.15, -0.1) is 0 Å². The summed E-state index contributed by atoms with van der Waals surface area (Å²) in [6.07, 6.45) is 1.65. The van der Waals surface area contributed by atoms with Gasteiger partial charge in [0.2, 0.25) is 5.91 Å². The minimum absolute atomic E-state index is 0.167. The molecule has 0 aliphatic carbocycles. The molecule has 3 N–H and O–H groups in total. The monoisotopic (exact) mass is 197 g/mol. The summed E-state index contributed by atoms with van der Waals surface area (Å²) < 4.78 is 0. The highest BCUT2D eigenvalue weighted by molar-refractivity contribution is 6.09. The minimum Gasteiger partial charge on any atom is -0.293 e. The molecule has 2 rings (SSSR count). The molecule has 5 heteroatoms. The molecule has 14 heavy (non-hydrogen) atoms. The normalized spacial score (nSPS) is 30.8. The van der Waals surface area contributed by atoms with Crippen molar-refractivity contribution in [1.82, 2.24) is 16.0 Å². The smallest absolute Gasteiger partial charge is 0.262 e. The van der Waals surface area contributed by atoms with Crippen molar-refractivity contribution in [1.29, 1.82) is 0 Å². The molecule has 0 aromatic rings. The van der Waals surface area contributed by atoms with Crippen molar-refractivity contribution in [2.75, 3.05) is 13.1 Å². The molecule has 2 amide bonds. The van der Waals surface area contributed by atoms with Gasteiger partial charge >= 0.3 is 0 Å². The summed E-state index contributed by atoms with van der Waals surface area (Å²) in [6.45, 7) is 3.48. The number of carbonyl (C=O) groups is 2. The van der Waals surface area contributed by atoms with Gasteiger partial charge in [0.05, 0.1) is 5.92 Å². The van der Waals surface area contributed by atoms with E-state index in [0.29, 0.717) is 6.42 Å². The summed E-state index contributed by atoms with van der Waals surface area (Å²) in [5, 5.41) is 8.64. The molecule has 0 bridgehead atoms. The lowest BCUT2D eigenvalue weighted by Crippen LogP contribution is -2.68. The largest absolute Gasteiger partial charge is 0.293 e. The third kappa shape index (κ3) is 1.16. The lowest BCUT2D eigenvalue weighted by atomic mass is 9.90. The number of hydrogen-bond acceptors (Lipinski definition) is 4. The Morgan fingerprint density at radius 2 is 2.00 bits per heavy atom. The molecule has 2 aliphatic rings. The molecule has 2 fully saturated rings. The molecule has 2 saturated heterocycles. The maximum Gasteiger partial charge on any atom is 0.262 e. The predicted octanol–water partition coefficient (Wildman–Crippen LogP) is -1.05. The van der Waals surface area contributed by atoms with Crippen molar-refractivity contribution >= 4 is 11.8 Å². The van der Waals surface area contributed by atoms with Crippen molar-refractivity contribution in [2.24, 2.45) is 5.92 Å². The van der Waals surface area contributed by atoms with Gasteiger partial charge in [-0.3, -0.25) is 25.5 Å². The van der Waals surface area contributed by atoms with Gasteiger partial charge in [-0.25, -0.2) is 0 Å². The second kappa shape index (κ2) is 3.33. The fraction of sp³-hybridized carbons (Fsp3) is 0.778. The Balaban J connectivity index is 2.29. The van der Waals surface area contributed by atoms with Crippen LogP contribution in [0.4, 0.5) is 0 Å². The summed E-state index contributed by atoms with van der Waals surface area (Å²) >= 11 is 0. The zero-order valence-electron chi connectivity index (χ0n) is 8.22. The van der Waals surface area contributed by atoms with Crippen molar-refractivity contribution in [3.63, 3.8) is 0 Å². The van der Waals surface area contributed by atoms with Crippen LogP contribution in [0, 0.1) is 5.92 Å². The molecule has 2 heterocycles. The first kappa shape index (κ1) is 9.61.